The summed E-state index contributed by atoms with van der Waals surface area (Å²) in [6.45, 7) is 13.7. The molecule has 2 unspecified atom stereocenters. The van der Waals surface area contributed by atoms with Gasteiger partial charge in [-0.2, -0.15) is 0 Å². The van der Waals surface area contributed by atoms with Crippen molar-refractivity contribution in [2.24, 2.45) is 5.92 Å². The molecule has 2 heterocycles. The Morgan fingerprint density at radius 1 is 1.35 bits per heavy atom. The molecular weight excluding hydrogens is 248 g/mol. The summed E-state index contributed by atoms with van der Waals surface area (Å²) in [4.78, 5) is 2.65. The first kappa shape index (κ1) is 15.6. The van der Waals surface area contributed by atoms with Crippen LogP contribution in [0.4, 0.5) is 0 Å². The van der Waals surface area contributed by atoms with Crippen molar-refractivity contribution < 1.29 is 4.42 Å². The first-order chi connectivity index (χ1) is 9.53. The Bertz CT molecular complexity index is 395. The first-order valence-electron chi connectivity index (χ1n) is 8.07. The highest BCUT2D eigenvalue weighted by Crippen LogP contribution is 2.32. The topological polar surface area (TPSA) is 28.4 Å². The molecule has 0 radical (unpaired) electrons. The van der Waals surface area contributed by atoms with Gasteiger partial charge in [0.05, 0.1) is 12.3 Å². The maximum atomic E-state index is 5.65. The van der Waals surface area contributed by atoms with E-state index in [1.807, 2.05) is 6.07 Å². The minimum Gasteiger partial charge on any atom is -0.468 e. The van der Waals surface area contributed by atoms with Crippen LogP contribution in [0.2, 0.25) is 0 Å². The number of furan rings is 1. The second-order valence-corrected chi connectivity index (χ2v) is 6.54. The summed E-state index contributed by atoms with van der Waals surface area (Å²) in [5, 5.41) is 3.82. The summed E-state index contributed by atoms with van der Waals surface area (Å²) in [6, 6.07) is 5.01. The third-order valence-electron chi connectivity index (χ3n) is 5.17. The van der Waals surface area contributed by atoms with Gasteiger partial charge < -0.3 is 9.73 Å². The smallest absolute Gasteiger partial charge is 0.120 e. The molecule has 2 rings (SSSR count). The predicted molar refractivity (Wildman–Crippen MR) is 83.8 cm³/mol. The number of nitrogens with zero attached hydrogens (tertiary/aromatic N) is 1. The van der Waals surface area contributed by atoms with Gasteiger partial charge in [-0.15, -0.1) is 0 Å². The van der Waals surface area contributed by atoms with Gasteiger partial charge in [0.2, 0.25) is 0 Å². The van der Waals surface area contributed by atoms with Gasteiger partial charge >= 0.3 is 0 Å². The molecule has 1 N–H and O–H groups in total. The summed E-state index contributed by atoms with van der Waals surface area (Å²) in [5.41, 5.74) is 0.256. The van der Waals surface area contributed by atoms with Crippen LogP contribution < -0.4 is 5.32 Å². The molecule has 3 nitrogen and oxygen atoms in total. The number of piperazine rings is 1. The molecule has 114 valence electrons. The van der Waals surface area contributed by atoms with E-state index in [1.54, 1.807) is 6.26 Å². The molecule has 0 amide bonds. The summed E-state index contributed by atoms with van der Waals surface area (Å²) in [5.74, 6) is 1.73. The third kappa shape index (κ3) is 2.94. The Morgan fingerprint density at radius 3 is 2.55 bits per heavy atom. The van der Waals surface area contributed by atoms with Crippen LogP contribution in [0.15, 0.2) is 22.8 Å². The summed E-state index contributed by atoms with van der Waals surface area (Å²) < 4.78 is 5.65. The Balaban J connectivity index is 2.23. The van der Waals surface area contributed by atoms with E-state index < -0.39 is 0 Å². The summed E-state index contributed by atoms with van der Waals surface area (Å²) >= 11 is 0. The minimum atomic E-state index is 0.256. The van der Waals surface area contributed by atoms with Gasteiger partial charge in [-0.1, -0.05) is 27.7 Å². The van der Waals surface area contributed by atoms with Crippen LogP contribution in [-0.2, 0) is 0 Å². The van der Waals surface area contributed by atoms with Crippen LogP contribution in [0.5, 0.6) is 0 Å². The lowest BCUT2D eigenvalue weighted by Crippen LogP contribution is -2.65. The Labute approximate surface area is 123 Å². The van der Waals surface area contributed by atoms with Crippen molar-refractivity contribution in [2.45, 2.75) is 65.1 Å². The Morgan fingerprint density at radius 2 is 2.05 bits per heavy atom. The van der Waals surface area contributed by atoms with Gasteiger partial charge in [0, 0.05) is 24.7 Å². The lowest BCUT2D eigenvalue weighted by atomic mass is 9.85. The van der Waals surface area contributed by atoms with E-state index in [0.29, 0.717) is 18.0 Å². The lowest BCUT2D eigenvalue weighted by molar-refractivity contribution is 0.0151. The highest BCUT2D eigenvalue weighted by molar-refractivity contribution is 5.07. The quantitative estimate of drug-likeness (QED) is 0.887. The van der Waals surface area contributed by atoms with Gasteiger partial charge in [-0.05, 0) is 37.8 Å². The molecule has 1 fully saturated rings. The second kappa shape index (κ2) is 6.31. The van der Waals surface area contributed by atoms with Crippen molar-refractivity contribution in [1.29, 1.82) is 0 Å². The molecule has 1 aromatic heterocycles. The van der Waals surface area contributed by atoms with Crippen LogP contribution in [0.25, 0.3) is 0 Å². The van der Waals surface area contributed by atoms with Crippen molar-refractivity contribution in [1.82, 2.24) is 10.2 Å². The molecule has 0 saturated carbocycles. The maximum Gasteiger partial charge on any atom is 0.120 e. The third-order valence-corrected chi connectivity index (χ3v) is 5.17. The normalized spacial score (nSPS) is 25.0. The molecule has 3 heteroatoms. The first-order valence-corrected chi connectivity index (χ1v) is 8.07. The van der Waals surface area contributed by atoms with Gasteiger partial charge in [0.15, 0.2) is 0 Å². The van der Waals surface area contributed by atoms with Crippen molar-refractivity contribution >= 4 is 0 Å². The molecule has 2 atom stereocenters. The zero-order valence-electron chi connectivity index (χ0n) is 13.6. The number of hydrogen-bond donors (Lipinski definition) is 1. The largest absolute Gasteiger partial charge is 0.468 e. The Kier molecular flexibility index (Phi) is 4.92. The molecule has 0 bridgehead atoms. The van der Waals surface area contributed by atoms with E-state index in [2.05, 4.69) is 50.9 Å². The van der Waals surface area contributed by atoms with Crippen molar-refractivity contribution in [2.75, 3.05) is 13.1 Å². The number of rotatable bonds is 5. The molecule has 1 aliphatic rings. The average molecular weight is 278 g/mol. The molecule has 1 aliphatic heterocycles. The Hall–Kier alpha value is -0.800. The van der Waals surface area contributed by atoms with Gasteiger partial charge in [0.25, 0.3) is 0 Å². The van der Waals surface area contributed by atoms with Crippen molar-refractivity contribution in [3.8, 4) is 0 Å². The van der Waals surface area contributed by atoms with E-state index in [0.717, 1.165) is 18.8 Å². The van der Waals surface area contributed by atoms with Crippen LogP contribution in [0.1, 0.15) is 59.3 Å². The fourth-order valence-electron chi connectivity index (χ4n) is 3.42. The zero-order valence-corrected chi connectivity index (χ0v) is 13.6. The lowest BCUT2D eigenvalue weighted by Gasteiger charge is -2.50. The minimum absolute atomic E-state index is 0.256. The van der Waals surface area contributed by atoms with Gasteiger partial charge in [-0.3, -0.25) is 4.90 Å². The maximum absolute atomic E-state index is 5.65. The standard InChI is InChI=1S/C17H30N2O/c1-6-17(7-2)12-19(15(11-18-17)13(3)4)14(5)16-9-8-10-20-16/h8-10,13-15,18H,6-7,11-12H2,1-5H3. The van der Waals surface area contributed by atoms with Crippen molar-refractivity contribution in [3.63, 3.8) is 0 Å². The van der Waals surface area contributed by atoms with Crippen LogP contribution in [0.3, 0.4) is 0 Å². The SMILES string of the molecule is CCC1(CC)CN(C(C)c2ccco2)C(C(C)C)CN1. The summed E-state index contributed by atoms with van der Waals surface area (Å²) in [6.07, 6.45) is 4.14. The molecule has 0 spiro atoms. The number of hydrogen-bond acceptors (Lipinski definition) is 3. The predicted octanol–water partition coefficient (Wildman–Crippen LogP) is 3.83. The van der Waals surface area contributed by atoms with E-state index >= 15 is 0 Å². The molecule has 0 aromatic carbocycles. The van der Waals surface area contributed by atoms with Crippen molar-refractivity contribution in [3.05, 3.63) is 24.2 Å². The van der Waals surface area contributed by atoms with Crippen LogP contribution >= 0.6 is 0 Å². The van der Waals surface area contributed by atoms with E-state index in [-0.39, 0.29) is 5.54 Å². The second-order valence-electron chi connectivity index (χ2n) is 6.54. The van der Waals surface area contributed by atoms with E-state index in [9.17, 15) is 0 Å². The molecule has 1 saturated heterocycles. The summed E-state index contributed by atoms with van der Waals surface area (Å²) in [7, 11) is 0. The highest BCUT2D eigenvalue weighted by atomic mass is 16.3. The average Bonchev–Trinajstić information content (AvgIpc) is 2.99. The highest BCUT2D eigenvalue weighted by Gasteiger charge is 2.40. The fourth-order valence-corrected chi connectivity index (χ4v) is 3.42. The van der Waals surface area contributed by atoms with Gasteiger partial charge in [-0.25, -0.2) is 0 Å². The van der Waals surface area contributed by atoms with E-state index in [1.165, 1.54) is 12.8 Å². The monoisotopic (exact) mass is 278 g/mol. The molecule has 0 aliphatic carbocycles. The van der Waals surface area contributed by atoms with Crippen LogP contribution in [-0.4, -0.2) is 29.6 Å². The van der Waals surface area contributed by atoms with Gasteiger partial charge in [0.1, 0.15) is 5.76 Å². The zero-order chi connectivity index (χ0) is 14.8. The molecule has 20 heavy (non-hydrogen) atoms. The molecular formula is C17H30N2O. The fraction of sp³-hybridized carbons (Fsp3) is 0.765. The van der Waals surface area contributed by atoms with E-state index in [4.69, 9.17) is 4.42 Å². The number of nitrogens with one attached hydrogen (secondary N) is 1. The molecule has 1 aromatic rings. The van der Waals surface area contributed by atoms with Crippen LogP contribution in [0, 0.1) is 5.92 Å².